The van der Waals surface area contributed by atoms with Crippen LogP contribution in [0.15, 0.2) is 42.5 Å². The fourth-order valence-corrected chi connectivity index (χ4v) is 3.18. The highest BCUT2D eigenvalue weighted by Crippen LogP contribution is 2.27. The van der Waals surface area contributed by atoms with Crippen LogP contribution in [-0.2, 0) is 16.1 Å². The summed E-state index contributed by atoms with van der Waals surface area (Å²) in [5.74, 6) is -0.251. The van der Waals surface area contributed by atoms with E-state index in [9.17, 15) is 9.59 Å². The Bertz CT molecular complexity index is 857. The fraction of sp³-hybridized carbons (Fsp3) is 0.333. The van der Waals surface area contributed by atoms with Crippen LogP contribution in [0.3, 0.4) is 0 Å². The van der Waals surface area contributed by atoms with Crippen molar-refractivity contribution >= 4 is 46.6 Å². The summed E-state index contributed by atoms with van der Waals surface area (Å²) in [6.45, 7) is 5.37. The average molecular weight is 458 g/mol. The van der Waals surface area contributed by atoms with Gasteiger partial charge in [-0.15, -0.1) is 0 Å². The van der Waals surface area contributed by atoms with Crippen LogP contribution in [0, 0.1) is 0 Å². The minimum atomic E-state index is -0.690. The molecular weight excluding hydrogens is 435 g/mol. The molecule has 0 saturated carbocycles. The molecule has 29 heavy (non-hydrogen) atoms. The fourth-order valence-electron chi connectivity index (χ4n) is 2.59. The number of amides is 2. The van der Waals surface area contributed by atoms with Gasteiger partial charge < -0.3 is 15.0 Å². The first-order valence-electron chi connectivity index (χ1n) is 9.09. The van der Waals surface area contributed by atoms with Gasteiger partial charge in [-0.1, -0.05) is 46.9 Å². The number of nitrogens with one attached hydrogen (secondary N) is 1. The lowest BCUT2D eigenvalue weighted by atomic mass is 10.1. The Labute approximate surface area is 185 Å². The van der Waals surface area contributed by atoms with Crippen LogP contribution in [0.5, 0.6) is 5.75 Å². The van der Waals surface area contributed by atoms with Crippen molar-refractivity contribution in [3.63, 3.8) is 0 Å². The van der Waals surface area contributed by atoms with E-state index < -0.39 is 6.04 Å². The number of nitrogens with zero attached hydrogens (tertiary/aromatic N) is 1. The molecule has 2 amide bonds. The number of carbonyl (C=O) groups is 2. The third-order valence-electron chi connectivity index (χ3n) is 4.11. The van der Waals surface area contributed by atoms with E-state index in [4.69, 9.17) is 39.5 Å². The molecule has 0 fully saturated rings. The Morgan fingerprint density at radius 2 is 1.62 bits per heavy atom. The van der Waals surface area contributed by atoms with Crippen LogP contribution in [0.4, 0.5) is 0 Å². The van der Waals surface area contributed by atoms with E-state index in [2.05, 4.69) is 5.32 Å². The third kappa shape index (κ3) is 7.11. The Hall–Kier alpha value is -1.95. The molecule has 0 heterocycles. The lowest BCUT2D eigenvalue weighted by molar-refractivity contribution is -0.142. The topological polar surface area (TPSA) is 58.6 Å². The van der Waals surface area contributed by atoms with E-state index in [1.807, 2.05) is 26.0 Å². The zero-order valence-corrected chi connectivity index (χ0v) is 18.7. The van der Waals surface area contributed by atoms with Crippen molar-refractivity contribution in [2.75, 3.05) is 6.61 Å². The van der Waals surface area contributed by atoms with Crippen LogP contribution in [0.1, 0.15) is 26.3 Å². The number of rotatable bonds is 8. The number of ether oxygens (including phenoxy) is 1. The number of benzene rings is 2. The van der Waals surface area contributed by atoms with Crippen molar-refractivity contribution in [3.05, 3.63) is 63.1 Å². The molecule has 1 atom stereocenters. The van der Waals surface area contributed by atoms with Crippen LogP contribution in [-0.4, -0.2) is 35.4 Å². The molecule has 8 heteroatoms. The summed E-state index contributed by atoms with van der Waals surface area (Å²) in [5.41, 5.74) is 0.844. The molecule has 0 aliphatic carbocycles. The van der Waals surface area contributed by atoms with E-state index in [0.717, 1.165) is 5.56 Å². The molecule has 0 radical (unpaired) electrons. The van der Waals surface area contributed by atoms with Crippen LogP contribution in [0.2, 0.25) is 15.1 Å². The van der Waals surface area contributed by atoms with Gasteiger partial charge in [0.15, 0.2) is 6.61 Å². The lowest BCUT2D eigenvalue weighted by Crippen LogP contribution is -2.50. The Morgan fingerprint density at radius 3 is 2.21 bits per heavy atom. The first kappa shape index (κ1) is 23.3. The van der Waals surface area contributed by atoms with Gasteiger partial charge in [-0.2, -0.15) is 0 Å². The van der Waals surface area contributed by atoms with E-state index in [0.29, 0.717) is 20.8 Å². The van der Waals surface area contributed by atoms with Crippen LogP contribution in [0.25, 0.3) is 0 Å². The normalized spacial score (nSPS) is 11.8. The third-order valence-corrected chi connectivity index (χ3v) is 4.89. The smallest absolute Gasteiger partial charge is 0.261 e. The highest BCUT2D eigenvalue weighted by Gasteiger charge is 2.27. The molecule has 1 N–H and O–H groups in total. The van der Waals surface area contributed by atoms with E-state index in [1.54, 1.807) is 31.2 Å². The number of halogens is 3. The van der Waals surface area contributed by atoms with Gasteiger partial charge >= 0.3 is 0 Å². The highest BCUT2D eigenvalue weighted by molar-refractivity contribution is 6.35. The van der Waals surface area contributed by atoms with Gasteiger partial charge in [0.1, 0.15) is 11.8 Å². The number of hydrogen-bond acceptors (Lipinski definition) is 3. The molecule has 0 bridgehead atoms. The first-order chi connectivity index (χ1) is 13.7. The molecule has 2 aromatic carbocycles. The summed E-state index contributed by atoms with van der Waals surface area (Å²) >= 11 is 17.9. The van der Waals surface area contributed by atoms with E-state index in [1.165, 1.54) is 11.0 Å². The Balaban J connectivity index is 2.16. The number of carbonyl (C=O) groups excluding carboxylic acids is 2. The zero-order chi connectivity index (χ0) is 21.6. The molecule has 2 aromatic rings. The van der Waals surface area contributed by atoms with Gasteiger partial charge in [0.25, 0.3) is 5.91 Å². The predicted octanol–water partition coefficient (Wildman–Crippen LogP) is 4.97. The molecule has 0 saturated heterocycles. The first-order valence-corrected chi connectivity index (χ1v) is 10.2. The van der Waals surface area contributed by atoms with Gasteiger partial charge in [0.2, 0.25) is 5.91 Å². The summed E-state index contributed by atoms with van der Waals surface area (Å²) in [7, 11) is 0. The van der Waals surface area contributed by atoms with Gasteiger partial charge in [-0.25, -0.2) is 0 Å². The Kier molecular flexibility index (Phi) is 8.62. The van der Waals surface area contributed by atoms with Crippen LogP contribution >= 0.6 is 34.8 Å². The predicted molar refractivity (Wildman–Crippen MR) is 117 cm³/mol. The summed E-state index contributed by atoms with van der Waals surface area (Å²) < 4.78 is 5.57. The van der Waals surface area contributed by atoms with Gasteiger partial charge in [-0.05, 0) is 56.7 Å². The maximum Gasteiger partial charge on any atom is 0.261 e. The summed E-state index contributed by atoms with van der Waals surface area (Å²) in [6.07, 6.45) is 0. The van der Waals surface area contributed by atoms with E-state index >= 15 is 0 Å². The summed E-state index contributed by atoms with van der Waals surface area (Å²) in [5, 5.41) is 4.20. The van der Waals surface area contributed by atoms with Crippen molar-refractivity contribution in [2.45, 2.75) is 39.4 Å². The summed E-state index contributed by atoms with van der Waals surface area (Å²) in [4.78, 5) is 26.9. The highest BCUT2D eigenvalue weighted by atomic mass is 35.5. The van der Waals surface area contributed by atoms with Gasteiger partial charge in [0.05, 0.1) is 5.02 Å². The van der Waals surface area contributed by atoms with Crippen LogP contribution < -0.4 is 10.1 Å². The van der Waals surface area contributed by atoms with Crippen molar-refractivity contribution in [3.8, 4) is 5.75 Å². The molecule has 156 valence electrons. The zero-order valence-electron chi connectivity index (χ0n) is 16.4. The average Bonchev–Trinajstić information content (AvgIpc) is 2.65. The molecule has 2 rings (SSSR count). The standard InChI is InChI=1S/C21H23Cl3N2O3/c1-13(2)25-21(28)14(3)26(11-15-4-6-16(22)7-5-15)20(27)12-29-19-9-8-17(23)10-18(19)24/h4-10,13-14H,11-12H2,1-3H3,(H,25,28)/t14-/m0/s1. The van der Waals surface area contributed by atoms with Crippen molar-refractivity contribution in [2.24, 2.45) is 0 Å². The van der Waals surface area contributed by atoms with E-state index in [-0.39, 0.29) is 31.0 Å². The van der Waals surface area contributed by atoms with Crippen molar-refractivity contribution in [1.29, 1.82) is 0 Å². The van der Waals surface area contributed by atoms with Crippen molar-refractivity contribution in [1.82, 2.24) is 10.2 Å². The molecule has 0 aliphatic rings. The second-order valence-corrected chi connectivity index (χ2v) is 8.13. The summed E-state index contributed by atoms with van der Waals surface area (Å²) in [6, 6.07) is 11.1. The molecule has 0 unspecified atom stereocenters. The molecular formula is C21H23Cl3N2O3. The largest absolute Gasteiger partial charge is 0.482 e. The monoisotopic (exact) mass is 456 g/mol. The maximum absolute atomic E-state index is 12.9. The second kappa shape index (κ2) is 10.7. The SMILES string of the molecule is CC(C)NC(=O)[C@H](C)N(Cc1ccc(Cl)cc1)C(=O)COc1ccc(Cl)cc1Cl. The molecule has 5 nitrogen and oxygen atoms in total. The minimum absolute atomic E-state index is 0.0402. The Morgan fingerprint density at radius 1 is 1.00 bits per heavy atom. The minimum Gasteiger partial charge on any atom is -0.482 e. The lowest BCUT2D eigenvalue weighted by Gasteiger charge is -2.29. The number of hydrogen-bond donors (Lipinski definition) is 1. The van der Waals surface area contributed by atoms with Crippen molar-refractivity contribution < 1.29 is 14.3 Å². The molecule has 0 aromatic heterocycles. The molecule has 0 aliphatic heterocycles. The quantitative estimate of drug-likeness (QED) is 0.609. The molecule has 0 spiro atoms. The second-order valence-electron chi connectivity index (χ2n) is 6.85. The van der Waals surface area contributed by atoms with Gasteiger partial charge in [0, 0.05) is 22.6 Å². The maximum atomic E-state index is 12.9. The van der Waals surface area contributed by atoms with Gasteiger partial charge in [-0.3, -0.25) is 9.59 Å².